The molecule has 0 aliphatic rings. The zero-order valence-corrected chi connectivity index (χ0v) is 9.63. The molecule has 2 rings (SSSR count). The highest BCUT2D eigenvalue weighted by molar-refractivity contribution is 5.49. The van der Waals surface area contributed by atoms with Crippen molar-refractivity contribution < 1.29 is 4.74 Å². The van der Waals surface area contributed by atoms with Crippen molar-refractivity contribution in [2.24, 2.45) is 0 Å². The lowest BCUT2D eigenvalue weighted by molar-refractivity contribution is 0.340. The van der Waals surface area contributed by atoms with Gasteiger partial charge >= 0.3 is 0 Å². The van der Waals surface area contributed by atoms with Gasteiger partial charge in [0.15, 0.2) is 11.6 Å². The smallest absolute Gasteiger partial charge is 0.169 e. The normalized spacial score (nSPS) is 9.94. The van der Waals surface area contributed by atoms with Gasteiger partial charge in [0.05, 0.1) is 18.8 Å². The number of hydrogen-bond acceptors (Lipinski definition) is 5. The molecule has 0 saturated carbocycles. The lowest BCUT2D eigenvalue weighted by Gasteiger charge is -2.10. The molecule has 2 aromatic rings. The highest BCUT2D eigenvalue weighted by atomic mass is 16.5. The molecule has 0 aliphatic carbocycles. The van der Waals surface area contributed by atoms with Crippen molar-refractivity contribution in [3.8, 4) is 5.75 Å². The monoisotopic (exact) mass is 230 g/mol. The lowest BCUT2D eigenvalue weighted by atomic mass is 10.3. The van der Waals surface area contributed by atoms with Gasteiger partial charge in [-0.2, -0.15) is 0 Å². The topological polar surface area (TPSA) is 59.9 Å². The molecule has 0 atom stereocenters. The van der Waals surface area contributed by atoms with E-state index in [1.54, 1.807) is 12.4 Å². The highest BCUT2D eigenvalue weighted by Gasteiger charge is 2.03. The van der Waals surface area contributed by atoms with E-state index in [-0.39, 0.29) is 0 Å². The van der Waals surface area contributed by atoms with Gasteiger partial charge in [-0.05, 0) is 25.1 Å². The summed E-state index contributed by atoms with van der Waals surface area (Å²) < 4.78 is 5.47. The first-order valence-electron chi connectivity index (χ1n) is 5.46. The number of anilines is 1. The van der Waals surface area contributed by atoms with Crippen molar-refractivity contribution >= 4 is 5.82 Å². The second-order valence-corrected chi connectivity index (χ2v) is 3.34. The number of rotatable bonds is 5. The van der Waals surface area contributed by atoms with Crippen LogP contribution >= 0.6 is 0 Å². The summed E-state index contributed by atoms with van der Waals surface area (Å²) >= 11 is 0. The zero-order chi connectivity index (χ0) is 11.9. The first-order valence-corrected chi connectivity index (χ1v) is 5.46. The minimum Gasteiger partial charge on any atom is -0.490 e. The van der Waals surface area contributed by atoms with Crippen LogP contribution in [0.3, 0.4) is 0 Å². The molecular weight excluding hydrogens is 216 g/mol. The van der Waals surface area contributed by atoms with E-state index in [0.717, 1.165) is 17.3 Å². The fourth-order valence-corrected chi connectivity index (χ4v) is 1.39. The molecule has 0 aliphatic heterocycles. The first-order chi connectivity index (χ1) is 8.40. The van der Waals surface area contributed by atoms with Gasteiger partial charge in [0.1, 0.15) is 6.33 Å². The van der Waals surface area contributed by atoms with Crippen LogP contribution in [-0.4, -0.2) is 21.6 Å². The average molecular weight is 230 g/mol. The number of ether oxygens (including phenoxy) is 1. The predicted octanol–water partition coefficient (Wildman–Crippen LogP) is 1.88. The summed E-state index contributed by atoms with van der Waals surface area (Å²) in [5.41, 5.74) is 0.910. The number of nitrogens with zero attached hydrogens (tertiary/aromatic N) is 3. The van der Waals surface area contributed by atoms with E-state index in [4.69, 9.17) is 4.74 Å². The molecule has 0 radical (unpaired) electrons. The average Bonchev–Trinajstić information content (AvgIpc) is 2.39. The number of pyridine rings is 1. The Hall–Kier alpha value is -2.17. The number of aromatic nitrogens is 3. The summed E-state index contributed by atoms with van der Waals surface area (Å²) in [7, 11) is 0. The van der Waals surface area contributed by atoms with E-state index < -0.39 is 0 Å². The highest BCUT2D eigenvalue weighted by Crippen LogP contribution is 2.20. The summed E-state index contributed by atoms with van der Waals surface area (Å²) in [6, 6.07) is 5.59. The Morgan fingerprint density at radius 1 is 1.24 bits per heavy atom. The Kier molecular flexibility index (Phi) is 3.85. The first kappa shape index (κ1) is 11.3. The fraction of sp³-hybridized carbons (Fsp3) is 0.250. The van der Waals surface area contributed by atoms with E-state index in [2.05, 4.69) is 20.3 Å². The molecule has 0 unspecified atom stereocenters. The Morgan fingerprint density at radius 3 is 2.94 bits per heavy atom. The maximum atomic E-state index is 5.47. The zero-order valence-electron chi connectivity index (χ0n) is 9.63. The van der Waals surface area contributed by atoms with Gasteiger partial charge in [-0.1, -0.05) is 0 Å². The number of nitrogens with one attached hydrogen (secondary N) is 1. The van der Waals surface area contributed by atoms with Crippen molar-refractivity contribution in [2.45, 2.75) is 13.5 Å². The molecule has 0 saturated heterocycles. The third-order valence-electron chi connectivity index (χ3n) is 2.15. The van der Waals surface area contributed by atoms with Gasteiger partial charge in [-0.3, -0.25) is 0 Å². The van der Waals surface area contributed by atoms with Crippen LogP contribution in [0.5, 0.6) is 5.75 Å². The molecule has 5 heteroatoms. The van der Waals surface area contributed by atoms with Gasteiger partial charge < -0.3 is 10.1 Å². The molecule has 88 valence electrons. The van der Waals surface area contributed by atoms with E-state index in [1.165, 1.54) is 6.33 Å². The van der Waals surface area contributed by atoms with Crippen LogP contribution in [0.4, 0.5) is 5.82 Å². The molecule has 2 heterocycles. The largest absolute Gasteiger partial charge is 0.490 e. The van der Waals surface area contributed by atoms with E-state index >= 15 is 0 Å². The van der Waals surface area contributed by atoms with E-state index in [9.17, 15) is 0 Å². The van der Waals surface area contributed by atoms with E-state index in [1.807, 2.05) is 25.1 Å². The Balaban J connectivity index is 2.03. The molecule has 5 nitrogen and oxygen atoms in total. The van der Waals surface area contributed by atoms with Crippen LogP contribution in [0.15, 0.2) is 36.9 Å². The summed E-state index contributed by atoms with van der Waals surface area (Å²) in [6.07, 6.45) is 4.97. The van der Waals surface area contributed by atoms with Crippen molar-refractivity contribution in [3.63, 3.8) is 0 Å². The van der Waals surface area contributed by atoms with Gasteiger partial charge in [0, 0.05) is 12.4 Å². The Labute approximate surface area is 99.9 Å². The third-order valence-corrected chi connectivity index (χ3v) is 2.15. The molecule has 0 amide bonds. The molecule has 0 bridgehead atoms. The maximum absolute atomic E-state index is 5.47. The second-order valence-electron chi connectivity index (χ2n) is 3.34. The summed E-state index contributed by atoms with van der Waals surface area (Å²) in [4.78, 5) is 12.2. The summed E-state index contributed by atoms with van der Waals surface area (Å²) in [5.74, 6) is 1.48. The maximum Gasteiger partial charge on any atom is 0.169 e. The van der Waals surface area contributed by atoms with Gasteiger partial charge in [0.25, 0.3) is 0 Å². The molecule has 17 heavy (non-hydrogen) atoms. The van der Waals surface area contributed by atoms with Crippen LogP contribution in [0, 0.1) is 0 Å². The minimum absolute atomic E-state index is 0.597. The predicted molar refractivity (Wildman–Crippen MR) is 64.8 cm³/mol. The van der Waals surface area contributed by atoms with Crippen molar-refractivity contribution in [3.05, 3.63) is 42.6 Å². The summed E-state index contributed by atoms with van der Waals surface area (Å²) in [5, 5.41) is 3.19. The van der Waals surface area contributed by atoms with Gasteiger partial charge in [-0.15, -0.1) is 0 Å². The SMILES string of the molecule is CCOc1cccnc1NCc1ccncn1. The van der Waals surface area contributed by atoms with Gasteiger partial charge in [-0.25, -0.2) is 15.0 Å². The minimum atomic E-state index is 0.597. The van der Waals surface area contributed by atoms with Crippen molar-refractivity contribution in [2.75, 3.05) is 11.9 Å². The Morgan fingerprint density at radius 2 is 2.18 bits per heavy atom. The molecule has 1 N–H and O–H groups in total. The van der Waals surface area contributed by atoms with Crippen LogP contribution in [-0.2, 0) is 6.54 Å². The van der Waals surface area contributed by atoms with Crippen molar-refractivity contribution in [1.29, 1.82) is 0 Å². The van der Waals surface area contributed by atoms with Gasteiger partial charge in [0.2, 0.25) is 0 Å². The second kappa shape index (κ2) is 5.79. The van der Waals surface area contributed by atoms with Crippen LogP contribution in [0.25, 0.3) is 0 Å². The summed E-state index contributed by atoms with van der Waals surface area (Å²) in [6.45, 7) is 3.16. The molecule has 0 fully saturated rings. The van der Waals surface area contributed by atoms with Crippen LogP contribution < -0.4 is 10.1 Å². The van der Waals surface area contributed by atoms with Crippen molar-refractivity contribution in [1.82, 2.24) is 15.0 Å². The molecule has 0 spiro atoms. The third kappa shape index (κ3) is 3.14. The van der Waals surface area contributed by atoms with E-state index in [0.29, 0.717) is 13.2 Å². The Bertz CT molecular complexity index is 461. The standard InChI is InChI=1S/C12H14N4O/c1-2-17-11-4-3-6-14-12(11)15-8-10-5-7-13-9-16-10/h3-7,9H,2,8H2,1H3,(H,14,15). The quantitative estimate of drug-likeness (QED) is 0.849. The lowest BCUT2D eigenvalue weighted by Crippen LogP contribution is -2.05. The molecule has 2 aromatic heterocycles. The molecule has 0 aromatic carbocycles. The van der Waals surface area contributed by atoms with Crippen LogP contribution in [0.1, 0.15) is 12.6 Å². The fourth-order valence-electron chi connectivity index (χ4n) is 1.39. The van der Waals surface area contributed by atoms with Crippen LogP contribution in [0.2, 0.25) is 0 Å². The number of hydrogen-bond donors (Lipinski definition) is 1. The molecular formula is C12H14N4O.